The highest BCUT2D eigenvalue weighted by Crippen LogP contribution is 2.29. The molecule has 8 nitrogen and oxygen atoms in total. The fourth-order valence-corrected chi connectivity index (χ4v) is 3.35. The molecule has 0 aliphatic carbocycles. The molecule has 0 saturated carbocycles. The molecule has 0 aliphatic heterocycles. The average molecular weight is 434 g/mol. The van der Waals surface area contributed by atoms with Gasteiger partial charge < -0.3 is 26.8 Å². The third kappa shape index (κ3) is 5.98. The molecule has 3 aromatic rings. The zero-order valence-corrected chi connectivity index (χ0v) is 17.9. The Morgan fingerprint density at radius 1 is 1.03 bits per heavy atom. The number of hydrogen-bond donors (Lipinski definition) is 4. The third-order valence-corrected chi connectivity index (χ3v) is 4.91. The van der Waals surface area contributed by atoms with Crippen molar-refractivity contribution in [3.8, 4) is 5.75 Å². The van der Waals surface area contributed by atoms with E-state index in [0.717, 1.165) is 10.8 Å². The number of rotatable bonds is 9. The molecule has 0 saturated heterocycles. The van der Waals surface area contributed by atoms with Gasteiger partial charge in [-0.15, -0.1) is 0 Å². The molecule has 0 aliphatic rings. The van der Waals surface area contributed by atoms with Crippen molar-refractivity contribution in [2.75, 3.05) is 19.0 Å². The first-order valence-corrected chi connectivity index (χ1v) is 10.3. The molecule has 8 heteroatoms. The first-order chi connectivity index (χ1) is 15.5. The van der Waals surface area contributed by atoms with Crippen LogP contribution in [0.4, 0.5) is 5.69 Å². The van der Waals surface area contributed by atoms with Gasteiger partial charge in [0.2, 0.25) is 5.91 Å². The lowest BCUT2D eigenvalue weighted by Gasteiger charge is -2.19. The molecule has 1 unspecified atom stereocenters. The minimum atomic E-state index is -0.769. The Labute approximate surface area is 186 Å². The molecule has 1 atom stereocenters. The van der Waals surface area contributed by atoms with E-state index in [4.69, 9.17) is 16.2 Å². The van der Waals surface area contributed by atoms with Gasteiger partial charge >= 0.3 is 0 Å². The molecule has 3 aromatic carbocycles. The minimum Gasteiger partial charge on any atom is -0.496 e. The van der Waals surface area contributed by atoms with Crippen LogP contribution < -0.4 is 26.8 Å². The number of guanidine groups is 1. The summed E-state index contributed by atoms with van der Waals surface area (Å²) in [6, 6.07) is 19.3. The van der Waals surface area contributed by atoms with E-state index < -0.39 is 6.04 Å². The van der Waals surface area contributed by atoms with E-state index in [1.165, 1.54) is 0 Å². The maximum Gasteiger partial charge on any atom is 0.251 e. The summed E-state index contributed by atoms with van der Waals surface area (Å²) in [5, 5.41) is 7.58. The molecule has 0 fully saturated rings. The zero-order valence-electron chi connectivity index (χ0n) is 17.9. The van der Waals surface area contributed by atoms with Crippen LogP contribution in [0.1, 0.15) is 23.2 Å². The van der Waals surface area contributed by atoms with E-state index in [1.54, 1.807) is 37.4 Å². The molecule has 0 heterocycles. The summed E-state index contributed by atoms with van der Waals surface area (Å²) in [5.74, 6) is -0.0291. The first-order valence-electron chi connectivity index (χ1n) is 10.3. The van der Waals surface area contributed by atoms with Crippen LogP contribution in [0.25, 0.3) is 10.8 Å². The van der Waals surface area contributed by atoms with Crippen molar-refractivity contribution in [2.45, 2.75) is 18.9 Å². The summed E-state index contributed by atoms with van der Waals surface area (Å²) < 4.78 is 5.47. The van der Waals surface area contributed by atoms with Gasteiger partial charge in [-0.3, -0.25) is 14.6 Å². The van der Waals surface area contributed by atoms with Crippen molar-refractivity contribution < 1.29 is 14.3 Å². The number of ether oxygens (including phenoxy) is 1. The van der Waals surface area contributed by atoms with E-state index in [9.17, 15) is 9.59 Å². The lowest BCUT2D eigenvalue weighted by atomic mass is 10.1. The van der Waals surface area contributed by atoms with Gasteiger partial charge in [-0.05, 0) is 36.4 Å². The SMILES string of the molecule is COc1cc(NC(=O)C(CCCN=C(N)N)NC(=O)c2ccccc2)cc2ccccc12. The van der Waals surface area contributed by atoms with Crippen LogP contribution in [0.3, 0.4) is 0 Å². The standard InChI is InChI=1S/C24H27N5O3/c1-32-21-15-18(14-17-10-5-6-11-19(17)21)28-23(31)20(12-7-13-27-24(25)26)29-22(30)16-8-3-2-4-9-16/h2-6,8-11,14-15,20H,7,12-13H2,1H3,(H,28,31)(H,29,30)(H4,25,26,27). The fourth-order valence-electron chi connectivity index (χ4n) is 3.35. The van der Waals surface area contributed by atoms with Gasteiger partial charge in [0, 0.05) is 29.2 Å². The highest BCUT2D eigenvalue weighted by molar-refractivity contribution is 6.02. The number of nitrogens with one attached hydrogen (secondary N) is 2. The van der Waals surface area contributed by atoms with E-state index in [1.807, 2.05) is 36.4 Å². The van der Waals surface area contributed by atoms with Crippen LogP contribution in [0, 0.1) is 0 Å². The van der Waals surface area contributed by atoms with E-state index in [0.29, 0.717) is 36.4 Å². The van der Waals surface area contributed by atoms with Crippen LogP contribution >= 0.6 is 0 Å². The Morgan fingerprint density at radius 2 is 1.75 bits per heavy atom. The van der Waals surface area contributed by atoms with Crippen molar-refractivity contribution in [1.82, 2.24) is 5.32 Å². The minimum absolute atomic E-state index is 0.0115. The van der Waals surface area contributed by atoms with E-state index >= 15 is 0 Å². The molecular weight excluding hydrogens is 406 g/mol. The highest BCUT2D eigenvalue weighted by Gasteiger charge is 2.22. The van der Waals surface area contributed by atoms with Crippen molar-refractivity contribution in [3.05, 3.63) is 72.3 Å². The maximum absolute atomic E-state index is 13.1. The predicted octanol–water partition coefficient (Wildman–Crippen LogP) is 2.64. The van der Waals surface area contributed by atoms with E-state index in [2.05, 4.69) is 15.6 Å². The summed E-state index contributed by atoms with van der Waals surface area (Å²) in [6.45, 7) is 0.358. The number of hydrogen-bond acceptors (Lipinski definition) is 4. The lowest BCUT2D eigenvalue weighted by Crippen LogP contribution is -2.44. The number of anilines is 1. The van der Waals surface area contributed by atoms with Crippen LogP contribution in [-0.2, 0) is 4.79 Å². The number of benzene rings is 3. The number of carbonyl (C=O) groups excluding carboxylic acids is 2. The summed E-state index contributed by atoms with van der Waals surface area (Å²) in [5.41, 5.74) is 11.8. The first kappa shape index (κ1) is 22.6. The summed E-state index contributed by atoms with van der Waals surface area (Å²) in [7, 11) is 1.58. The summed E-state index contributed by atoms with van der Waals surface area (Å²) >= 11 is 0. The Kier molecular flexibility index (Phi) is 7.64. The molecule has 166 valence electrons. The number of methoxy groups -OCH3 is 1. The molecule has 3 rings (SSSR count). The van der Waals surface area contributed by atoms with Gasteiger partial charge in [0.25, 0.3) is 5.91 Å². The second kappa shape index (κ2) is 10.8. The van der Waals surface area contributed by atoms with Crippen LogP contribution in [0.15, 0.2) is 71.7 Å². The Morgan fingerprint density at radius 3 is 2.47 bits per heavy atom. The quantitative estimate of drug-likeness (QED) is 0.234. The predicted molar refractivity (Wildman–Crippen MR) is 127 cm³/mol. The normalized spacial score (nSPS) is 11.4. The fraction of sp³-hybridized carbons (Fsp3) is 0.208. The van der Waals surface area contributed by atoms with Crippen molar-refractivity contribution in [3.63, 3.8) is 0 Å². The molecular formula is C24H27N5O3. The van der Waals surface area contributed by atoms with Crippen molar-refractivity contribution in [2.24, 2.45) is 16.5 Å². The Bertz CT molecular complexity index is 1110. The van der Waals surface area contributed by atoms with Crippen LogP contribution in [-0.4, -0.2) is 37.5 Å². The molecule has 32 heavy (non-hydrogen) atoms. The second-order valence-corrected chi connectivity index (χ2v) is 7.23. The second-order valence-electron chi connectivity index (χ2n) is 7.23. The Balaban J connectivity index is 1.78. The third-order valence-electron chi connectivity index (χ3n) is 4.91. The van der Waals surface area contributed by atoms with Crippen LogP contribution in [0.2, 0.25) is 0 Å². The summed E-state index contributed by atoms with van der Waals surface area (Å²) in [6.07, 6.45) is 0.887. The Hall–Kier alpha value is -4.07. The number of nitrogens with two attached hydrogens (primary N) is 2. The number of aliphatic imine (C=N–C) groups is 1. The number of amides is 2. The molecule has 6 N–H and O–H groups in total. The monoisotopic (exact) mass is 433 g/mol. The van der Waals surface area contributed by atoms with Gasteiger partial charge in [-0.2, -0.15) is 0 Å². The molecule has 0 radical (unpaired) electrons. The zero-order chi connectivity index (χ0) is 22.9. The van der Waals surface area contributed by atoms with Gasteiger partial charge in [0.05, 0.1) is 7.11 Å². The van der Waals surface area contributed by atoms with Crippen molar-refractivity contribution in [1.29, 1.82) is 0 Å². The highest BCUT2D eigenvalue weighted by atomic mass is 16.5. The maximum atomic E-state index is 13.1. The average Bonchev–Trinajstić information content (AvgIpc) is 2.80. The van der Waals surface area contributed by atoms with Gasteiger partial charge in [-0.25, -0.2) is 0 Å². The topological polar surface area (TPSA) is 132 Å². The molecule has 0 spiro atoms. The van der Waals surface area contributed by atoms with Gasteiger partial charge in [0.15, 0.2) is 5.96 Å². The van der Waals surface area contributed by atoms with Gasteiger partial charge in [0.1, 0.15) is 11.8 Å². The van der Waals surface area contributed by atoms with E-state index in [-0.39, 0.29) is 17.8 Å². The summed E-state index contributed by atoms with van der Waals surface area (Å²) in [4.78, 5) is 29.7. The number of carbonyl (C=O) groups is 2. The lowest BCUT2D eigenvalue weighted by molar-refractivity contribution is -0.118. The van der Waals surface area contributed by atoms with Gasteiger partial charge in [-0.1, -0.05) is 42.5 Å². The molecule has 0 bridgehead atoms. The molecule has 2 amide bonds. The molecule has 0 aromatic heterocycles. The number of fused-ring (bicyclic) bond motifs is 1. The smallest absolute Gasteiger partial charge is 0.251 e. The largest absolute Gasteiger partial charge is 0.496 e. The van der Waals surface area contributed by atoms with Crippen molar-refractivity contribution >= 4 is 34.2 Å². The van der Waals surface area contributed by atoms with Crippen LogP contribution in [0.5, 0.6) is 5.75 Å². The number of nitrogens with zero attached hydrogens (tertiary/aromatic N) is 1.